The lowest BCUT2D eigenvalue weighted by Crippen LogP contribution is -2.37. The third-order valence-corrected chi connectivity index (χ3v) is 3.57. The fourth-order valence-electron chi connectivity index (χ4n) is 2.27. The molecule has 1 heterocycles. The maximum Gasteiger partial charge on any atom is 0.0579 e. The summed E-state index contributed by atoms with van der Waals surface area (Å²) in [6.45, 7) is 13.5. The molecule has 0 saturated carbocycles. The van der Waals surface area contributed by atoms with E-state index in [4.69, 9.17) is 4.74 Å². The van der Waals surface area contributed by atoms with E-state index in [9.17, 15) is 0 Å². The van der Waals surface area contributed by atoms with Crippen molar-refractivity contribution in [2.75, 3.05) is 13.2 Å². The number of hydrogen-bond donors (Lipinski definition) is 1. The van der Waals surface area contributed by atoms with Crippen molar-refractivity contribution < 1.29 is 4.74 Å². The fourth-order valence-corrected chi connectivity index (χ4v) is 2.27. The van der Waals surface area contributed by atoms with E-state index in [0.29, 0.717) is 23.5 Å². The molecule has 1 saturated heterocycles. The fraction of sp³-hybridized carbons (Fsp3) is 1.00. The van der Waals surface area contributed by atoms with Crippen LogP contribution >= 0.6 is 0 Å². The zero-order valence-electron chi connectivity index (χ0n) is 11.7. The molecule has 0 aromatic rings. The molecule has 1 aliphatic rings. The average molecular weight is 227 g/mol. The Bertz CT molecular complexity index is 189. The summed E-state index contributed by atoms with van der Waals surface area (Å²) in [4.78, 5) is 0. The molecular weight excluding hydrogens is 198 g/mol. The van der Waals surface area contributed by atoms with Crippen LogP contribution in [0.4, 0.5) is 0 Å². The van der Waals surface area contributed by atoms with Gasteiger partial charge < -0.3 is 10.1 Å². The minimum Gasteiger partial charge on any atom is -0.378 e. The van der Waals surface area contributed by atoms with E-state index in [2.05, 4.69) is 39.9 Å². The lowest BCUT2D eigenvalue weighted by Gasteiger charge is -2.33. The van der Waals surface area contributed by atoms with E-state index in [1.54, 1.807) is 0 Å². The van der Waals surface area contributed by atoms with E-state index >= 15 is 0 Å². The van der Waals surface area contributed by atoms with Gasteiger partial charge in [0.05, 0.1) is 6.10 Å². The van der Waals surface area contributed by atoms with Gasteiger partial charge >= 0.3 is 0 Å². The van der Waals surface area contributed by atoms with Gasteiger partial charge in [-0.1, -0.05) is 34.6 Å². The second kappa shape index (κ2) is 6.02. The lowest BCUT2D eigenvalue weighted by atomic mass is 9.77. The lowest BCUT2D eigenvalue weighted by molar-refractivity contribution is 0.0657. The predicted molar refractivity (Wildman–Crippen MR) is 69.7 cm³/mol. The normalized spacial score (nSPS) is 24.0. The molecular formula is C14H29NO. The van der Waals surface area contributed by atoms with Crippen molar-refractivity contribution in [3.8, 4) is 0 Å². The first-order chi connectivity index (χ1) is 7.39. The first-order valence-corrected chi connectivity index (χ1v) is 6.74. The van der Waals surface area contributed by atoms with Gasteiger partial charge in [-0.3, -0.25) is 0 Å². The molecule has 0 radical (unpaired) electrons. The smallest absolute Gasteiger partial charge is 0.0579 e. The van der Waals surface area contributed by atoms with Gasteiger partial charge in [0.15, 0.2) is 0 Å². The highest BCUT2D eigenvalue weighted by Crippen LogP contribution is 2.32. The topological polar surface area (TPSA) is 21.3 Å². The zero-order chi connectivity index (χ0) is 12.2. The molecule has 0 spiro atoms. The summed E-state index contributed by atoms with van der Waals surface area (Å²) < 4.78 is 5.76. The molecule has 1 N–H and O–H groups in total. The third kappa shape index (κ3) is 4.84. The Balaban J connectivity index is 2.43. The van der Waals surface area contributed by atoms with Crippen LogP contribution in [0.5, 0.6) is 0 Å². The van der Waals surface area contributed by atoms with Crippen molar-refractivity contribution in [2.45, 2.75) is 66.0 Å². The first-order valence-electron chi connectivity index (χ1n) is 6.74. The van der Waals surface area contributed by atoms with Crippen molar-refractivity contribution in [3.05, 3.63) is 0 Å². The molecule has 2 unspecified atom stereocenters. The van der Waals surface area contributed by atoms with Crippen molar-refractivity contribution in [1.82, 2.24) is 5.32 Å². The molecule has 2 nitrogen and oxygen atoms in total. The Hall–Kier alpha value is -0.0800. The monoisotopic (exact) mass is 227 g/mol. The van der Waals surface area contributed by atoms with E-state index in [0.717, 1.165) is 13.2 Å². The van der Waals surface area contributed by atoms with E-state index < -0.39 is 0 Å². The van der Waals surface area contributed by atoms with Crippen LogP contribution in [-0.2, 0) is 4.74 Å². The van der Waals surface area contributed by atoms with Gasteiger partial charge in [0.1, 0.15) is 0 Å². The zero-order valence-corrected chi connectivity index (χ0v) is 11.7. The molecule has 2 atom stereocenters. The second-order valence-corrected chi connectivity index (χ2v) is 6.50. The Morgan fingerprint density at radius 3 is 2.44 bits per heavy atom. The minimum atomic E-state index is 0.369. The van der Waals surface area contributed by atoms with Crippen LogP contribution in [-0.4, -0.2) is 25.3 Å². The summed E-state index contributed by atoms with van der Waals surface area (Å²) >= 11 is 0. The van der Waals surface area contributed by atoms with E-state index in [1.165, 1.54) is 19.3 Å². The average Bonchev–Trinajstić information content (AvgIpc) is 2.62. The maximum atomic E-state index is 5.76. The van der Waals surface area contributed by atoms with Crippen molar-refractivity contribution in [3.63, 3.8) is 0 Å². The molecule has 2 heteroatoms. The SMILES string of the molecule is CC(C)NCC(CC1CCCO1)C(C)(C)C. The summed E-state index contributed by atoms with van der Waals surface area (Å²) in [7, 11) is 0. The van der Waals surface area contributed by atoms with Gasteiger partial charge in [-0.15, -0.1) is 0 Å². The molecule has 1 rings (SSSR count). The number of nitrogens with one attached hydrogen (secondary N) is 1. The summed E-state index contributed by atoms with van der Waals surface area (Å²) in [5, 5.41) is 3.57. The summed E-state index contributed by atoms with van der Waals surface area (Å²) in [6, 6.07) is 0.578. The van der Waals surface area contributed by atoms with Crippen LogP contribution in [0, 0.1) is 11.3 Å². The van der Waals surface area contributed by atoms with Gasteiger partial charge in [-0.25, -0.2) is 0 Å². The standard InChI is InChI=1S/C14H29NO/c1-11(2)15-10-12(14(3,4)5)9-13-7-6-8-16-13/h11-13,15H,6-10H2,1-5H3. The number of rotatable bonds is 5. The quantitative estimate of drug-likeness (QED) is 0.778. The Morgan fingerprint density at radius 1 is 1.31 bits per heavy atom. The highest BCUT2D eigenvalue weighted by Gasteiger charge is 2.29. The van der Waals surface area contributed by atoms with Crippen molar-refractivity contribution >= 4 is 0 Å². The Kier molecular flexibility index (Phi) is 5.26. The molecule has 96 valence electrons. The highest BCUT2D eigenvalue weighted by atomic mass is 16.5. The van der Waals surface area contributed by atoms with Crippen LogP contribution in [0.15, 0.2) is 0 Å². The van der Waals surface area contributed by atoms with Crippen molar-refractivity contribution in [1.29, 1.82) is 0 Å². The van der Waals surface area contributed by atoms with E-state index in [1.807, 2.05) is 0 Å². The molecule has 0 aromatic heterocycles. The van der Waals surface area contributed by atoms with E-state index in [-0.39, 0.29) is 0 Å². The van der Waals surface area contributed by atoms with Crippen LogP contribution in [0.2, 0.25) is 0 Å². The van der Waals surface area contributed by atoms with Crippen LogP contribution in [0.25, 0.3) is 0 Å². The van der Waals surface area contributed by atoms with Crippen LogP contribution < -0.4 is 5.32 Å². The van der Waals surface area contributed by atoms with Gasteiger partial charge in [-0.05, 0) is 37.1 Å². The number of ether oxygens (including phenoxy) is 1. The van der Waals surface area contributed by atoms with Gasteiger partial charge in [0.25, 0.3) is 0 Å². The summed E-state index contributed by atoms with van der Waals surface area (Å²) in [5.74, 6) is 0.706. The molecule has 1 aliphatic heterocycles. The molecule has 0 aromatic carbocycles. The molecule has 1 fully saturated rings. The van der Waals surface area contributed by atoms with Crippen LogP contribution in [0.3, 0.4) is 0 Å². The van der Waals surface area contributed by atoms with Crippen molar-refractivity contribution in [2.24, 2.45) is 11.3 Å². The first kappa shape index (κ1) is 14.0. The van der Waals surface area contributed by atoms with Gasteiger partial charge in [0.2, 0.25) is 0 Å². The van der Waals surface area contributed by atoms with Gasteiger partial charge in [0, 0.05) is 12.6 Å². The molecule has 0 aliphatic carbocycles. The second-order valence-electron chi connectivity index (χ2n) is 6.50. The van der Waals surface area contributed by atoms with Gasteiger partial charge in [-0.2, -0.15) is 0 Å². The highest BCUT2D eigenvalue weighted by molar-refractivity contribution is 4.81. The molecule has 0 bridgehead atoms. The van der Waals surface area contributed by atoms with Crippen LogP contribution in [0.1, 0.15) is 53.9 Å². The Labute approximate surface area is 101 Å². The predicted octanol–water partition coefficient (Wildman–Crippen LogP) is 3.22. The third-order valence-electron chi connectivity index (χ3n) is 3.57. The summed E-state index contributed by atoms with van der Waals surface area (Å²) in [5.41, 5.74) is 0.369. The summed E-state index contributed by atoms with van der Waals surface area (Å²) in [6.07, 6.45) is 4.23. The largest absolute Gasteiger partial charge is 0.378 e. The maximum absolute atomic E-state index is 5.76. The molecule has 16 heavy (non-hydrogen) atoms. The number of hydrogen-bond acceptors (Lipinski definition) is 2. The minimum absolute atomic E-state index is 0.369. The molecule has 0 amide bonds. The Morgan fingerprint density at radius 2 is 2.00 bits per heavy atom.